The molecule has 2 atom stereocenters. The highest BCUT2D eigenvalue weighted by atomic mass is 35.5. The van der Waals surface area contributed by atoms with E-state index < -0.39 is 5.60 Å². The number of nitrogen functional groups attached to an aromatic ring is 1. The molecule has 0 spiro atoms. The zero-order valence-electron chi connectivity index (χ0n) is 10.4. The molecule has 2 unspecified atom stereocenters. The summed E-state index contributed by atoms with van der Waals surface area (Å²) in [6, 6.07) is 2.76. The van der Waals surface area contributed by atoms with Gasteiger partial charge in [0.25, 0.3) is 0 Å². The lowest BCUT2D eigenvalue weighted by Gasteiger charge is -2.25. The molecule has 3 rings (SSSR count). The molecule has 0 radical (unpaired) electrons. The predicted octanol–water partition coefficient (Wildman–Crippen LogP) is 1.76. The van der Waals surface area contributed by atoms with Crippen molar-refractivity contribution in [2.45, 2.75) is 43.9 Å². The second kappa shape index (κ2) is 4.08. The molecule has 2 aliphatic rings. The van der Waals surface area contributed by atoms with Crippen LogP contribution in [0.2, 0.25) is 5.02 Å². The average molecular weight is 268 g/mol. The van der Waals surface area contributed by atoms with Crippen molar-refractivity contribution in [3.63, 3.8) is 0 Å². The van der Waals surface area contributed by atoms with Crippen molar-refractivity contribution < 1.29 is 5.11 Å². The van der Waals surface area contributed by atoms with Crippen molar-refractivity contribution in [3.05, 3.63) is 22.8 Å². The average Bonchev–Trinajstić information content (AvgIpc) is 3.09. The standard InChI is InChI=1S/C13H18ClN3O/c1-8-5-13(18,7-17(8)10-2-3-10)11-4-9(14)6-16-12(11)15/h4,6,8,10,18H,2-3,5,7H2,1H3,(H2,15,16). The fourth-order valence-corrected chi connectivity index (χ4v) is 3.20. The van der Waals surface area contributed by atoms with Crippen molar-refractivity contribution in [1.82, 2.24) is 9.88 Å². The normalized spacial score (nSPS) is 32.9. The van der Waals surface area contributed by atoms with E-state index in [0.29, 0.717) is 41.5 Å². The Labute approximate surface area is 112 Å². The Balaban J connectivity index is 1.93. The highest BCUT2D eigenvalue weighted by molar-refractivity contribution is 6.30. The number of halogens is 1. The predicted molar refractivity (Wildman–Crippen MR) is 71.4 cm³/mol. The minimum atomic E-state index is -0.913. The number of hydrogen-bond acceptors (Lipinski definition) is 4. The third kappa shape index (κ3) is 1.98. The van der Waals surface area contributed by atoms with Crippen molar-refractivity contribution >= 4 is 17.4 Å². The van der Waals surface area contributed by atoms with Crippen LogP contribution in [0.1, 0.15) is 31.7 Å². The van der Waals surface area contributed by atoms with E-state index in [0.717, 1.165) is 0 Å². The molecule has 4 nitrogen and oxygen atoms in total. The molecule has 2 heterocycles. The van der Waals surface area contributed by atoms with Crippen LogP contribution < -0.4 is 5.73 Å². The molecule has 1 saturated heterocycles. The van der Waals surface area contributed by atoms with Gasteiger partial charge < -0.3 is 10.8 Å². The van der Waals surface area contributed by atoms with E-state index in [1.54, 1.807) is 6.07 Å². The minimum absolute atomic E-state index is 0.376. The summed E-state index contributed by atoms with van der Waals surface area (Å²) in [7, 11) is 0. The van der Waals surface area contributed by atoms with Gasteiger partial charge in [-0.3, -0.25) is 4.90 Å². The molecule has 0 aromatic carbocycles. The van der Waals surface area contributed by atoms with Crippen LogP contribution in [0.25, 0.3) is 0 Å². The molecular formula is C13H18ClN3O. The van der Waals surface area contributed by atoms with Crippen molar-refractivity contribution in [3.8, 4) is 0 Å². The lowest BCUT2D eigenvalue weighted by atomic mass is 9.92. The van der Waals surface area contributed by atoms with Crippen LogP contribution in [0.4, 0.5) is 5.82 Å². The first-order chi connectivity index (χ1) is 8.49. The summed E-state index contributed by atoms with van der Waals surface area (Å²) in [4.78, 5) is 6.42. The molecule has 1 aromatic heterocycles. The van der Waals surface area contributed by atoms with Gasteiger partial charge in [-0.15, -0.1) is 0 Å². The van der Waals surface area contributed by atoms with Crippen molar-refractivity contribution in [2.24, 2.45) is 0 Å². The Hall–Kier alpha value is -0.840. The van der Waals surface area contributed by atoms with Gasteiger partial charge in [-0.05, 0) is 32.3 Å². The highest BCUT2D eigenvalue weighted by Crippen LogP contribution is 2.43. The molecule has 18 heavy (non-hydrogen) atoms. The van der Waals surface area contributed by atoms with Gasteiger partial charge in [0.05, 0.1) is 5.02 Å². The van der Waals surface area contributed by atoms with E-state index in [-0.39, 0.29) is 0 Å². The van der Waals surface area contributed by atoms with Crippen LogP contribution in [0.3, 0.4) is 0 Å². The van der Waals surface area contributed by atoms with Crippen molar-refractivity contribution in [2.75, 3.05) is 12.3 Å². The molecule has 3 N–H and O–H groups in total. The number of nitrogens with zero attached hydrogens (tertiary/aromatic N) is 2. The van der Waals surface area contributed by atoms with Gasteiger partial charge in [0.2, 0.25) is 0 Å². The lowest BCUT2D eigenvalue weighted by molar-refractivity contribution is 0.0456. The molecule has 1 aromatic rings. The summed E-state index contributed by atoms with van der Waals surface area (Å²) in [5.41, 5.74) is 5.65. The smallest absolute Gasteiger partial charge is 0.129 e. The molecule has 1 aliphatic carbocycles. The van der Waals surface area contributed by atoms with Gasteiger partial charge in [-0.1, -0.05) is 11.6 Å². The number of likely N-dealkylation sites (tertiary alicyclic amines) is 1. The van der Waals surface area contributed by atoms with Crippen LogP contribution >= 0.6 is 11.6 Å². The summed E-state index contributed by atoms with van der Waals surface area (Å²) in [5.74, 6) is 0.381. The third-order valence-corrected chi connectivity index (χ3v) is 4.25. The molecule has 2 fully saturated rings. The van der Waals surface area contributed by atoms with Gasteiger partial charge in [0, 0.05) is 30.4 Å². The first kappa shape index (κ1) is 12.2. The highest BCUT2D eigenvalue weighted by Gasteiger charge is 2.47. The first-order valence-electron chi connectivity index (χ1n) is 6.39. The van der Waals surface area contributed by atoms with E-state index in [2.05, 4.69) is 16.8 Å². The molecule has 0 amide bonds. The number of anilines is 1. The van der Waals surface area contributed by atoms with Gasteiger partial charge in [-0.2, -0.15) is 0 Å². The summed E-state index contributed by atoms with van der Waals surface area (Å²) in [6.45, 7) is 2.79. The summed E-state index contributed by atoms with van der Waals surface area (Å²) in [5, 5.41) is 11.4. The number of β-amino-alcohol motifs (C(OH)–C–C–N with tert-alkyl or cyclic N) is 1. The Morgan fingerprint density at radius 1 is 1.56 bits per heavy atom. The van der Waals surface area contributed by atoms with Crippen LogP contribution in [-0.4, -0.2) is 33.6 Å². The molecule has 1 saturated carbocycles. The molecule has 0 bridgehead atoms. The number of aromatic nitrogens is 1. The van der Waals surface area contributed by atoms with E-state index in [9.17, 15) is 5.11 Å². The van der Waals surface area contributed by atoms with Crippen LogP contribution in [-0.2, 0) is 5.60 Å². The zero-order valence-corrected chi connectivity index (χ0v) is 11.2. The number of nitrogens with two attached hydrogens (primary N) is 1. The van der Waals surface area contributed by atoms with Gasteiger partial charge in [0.1, 0.15) is 11.4 Å². The minimum Gasteiger partial charge on any atom is -0.384 e. The van der Waals surface area contributed by atoms with E-state index in [4.69, 9.17) is 17.3 Å². The Morgan fingerprint density at radius 2 is 2.28 bits per heavy atom. The van der Waals surface area contributed by atoms with Gasteiger partial charge in [0.15, 0.2) is 0 Å². The fourth-order valence-electron chi connectivity index (χ4n) is 3.04. The summed E-state index contributed by atoms with van der Waals surface area (Å²) in [6.07, 6.45) is 4.68. The maximum absolute atomic E-state index is 10.9. The number of rotatable bonds is 2. The SMILES string of the molecule is CC1CC(O)(c2cc(Cl)cnc2N)CN1C1CC1. The number of pyridine rings is 1. The molecule has 5 heteroatoms. The number of hydrogen-bond donors (Lipinski definition) is 2. The Morgan fingerprint density at radius 3 is 2.94 bits per heavy atom. The topological polar surface area (TPSA) is 62.4 Å². The van der Waals surface area contributed by atoms with Crippen LogP contribution in [0.5, 0.6) is 0 Å². The maximum atomic E-state index is 10.9. The maximum Gasteiger partial charge on any atom is 0.129 e. The second-order valence-electron chi connectivity index (χ2n) is 5.57. The number of aliphatic hydroxyl groups is 1. The lowest BCUT2D eigenvalue weighted by Crippen LogP contribution is -2.33. The first-order valence-corrected chi connectivity index (χ1v) is 6.77. The van der Waals surface area contributed by atoms with Crippen LogP contribution in [0.15, 0.2) is 12.3 Å². The largest absolute Gasteiger partial charge is 0.384 e. The zero-order chi connectivity index (χ0) is 12.9. The van der Waals surface area contributed by atoms with Crippen molar-refractivity contribution in [1.29, 1.82) is 0 Å². The molecule has 98 valence electrons. The summed E-state index contributed by atoms with van der Waals surface area (Å²) < 4.78 is 0. The van der Waals surface area contributed by atoms with Gasteiger partial charge >= 0.3 is 0 Å². The van der Waals surface area contributed by atoms with E-state index >= 15 is 0 Å². The third-order valence-electron chi connectivity index (χ3n) is 4.05. The molecule has 1 aliphatic heterocycles. The van der Waals surface area contributed by atoms with E-state index in [1.807, 2.05) is 0 Å². The van der Waals surface area contributed by atoms with Crippen LogP contribution in [0, 0.1) is 0 Å². The van der Waals surface area contributed by atoms with Gasteiger partial charge in [-0.25, -0.2) is 4.98 Å². The quantitative estimate of drug-likeness (QED) is 0.857. The Kier molecular flexibility index (Phi) is 2.77. The van der Waals surface area contributed by atoms with E-state index in [1.165, 1.54) is 19.0 Å². The Bertz CT molecular complexity index is 477. The monoisotopic (exact) mass is 267 g/mol. The summed E-state index contributed by atoms with van der Waals surface area (Å²) >= 11 is 5.96. The fraction of sp³-hybridized carbons (Fsp3) is 0.615. The second-order valence-corrected chi connectivity index (χ2v) is 6.01. The molecular weight excluding hydrogens is 250 g/mol.